The minimum atomic E-state index is -1.05. The third kappa shape index (κ3) is 1.22. The number of nitrogens with zero attached hydrogens (tertiary/aromatic N) is 1. The van der Waals surface area contributed by atoms with E-state index in [0.29, 0.717) is 19.4 Å². The number of carbonyl (C=O) groups excluding carboxylic acids is 1. The molecule has 4 nitrogen and oxygen atoms in total. The molecule has 1 amide bonds. The van der Waals surface area contributed by atoms with E-state index in [2.05, 4.69) is 18.8 Å². The van der Waals surface area contributed by atoms with Crippen molar-refractivity contribution >= 4 is 11.6 Å². The molecule has 0 unspecified atom stereocenters. The summed E-state index contributed by atoms with van der Waals surface area (Å²) in [5.74, 6) is 0.0868. The molecule has 1 spiro atoms. The number of nitrogens with one attached hydrogen (secondary N) is 1. The number of fused-ring (bicyclic) bond motifs is 3. The van der Waals surface area contributed by atoms with Crippen LogP contribution in [0.2, 0.25) is 0 Å². The van der Waals surface area contributed by atoms with Gasteiger partial charge in [0, 0.05) is 23.9 Å². The lowest BCUT2D eigenvalue weighted by atomic mass is 9.61. The minimum absolute atomic E-state index is 0.0868. The van der Waals surface area contributed by atoms with Gasteiger partial charge in [-0.2, -0.15) is 0 Å². The Morgan fingerprint density at radius 1 is 1.41 bits per heavy atom. The molecule has 3 atom stereocenters. The second-order valence-electron chi connectivity index (χ2n) is 6.71. The number of hydrogen-bond donors (Lipinski definition) is 2. The molecule has 4 heteroatoms. The summed E-state index contributed by atoms with van der Waals surface area (Å²) in [6, 6.07) is 7.77. The molecule has 0 saturated carbocycles. The van der Waals surface area contributed by atoms with Crippen molar-refractivity contribution in [1.82, 2.24) is 5.32 Å². The Morgan fingerprint density at radius 3 is 2.91 bits per heavy atom. The predicted molar refractivity (Wildman–Crippen MR) is 85.3 cm³/mol. The molecule has 0 aliphatic carbocycles. The first-order valence-corrected chi connectivity index (χ1v) is 8.10. The molecule has 116 valence electrons. The second kappa shape index (κ2) is 4.21. The summed E-state index contributed by atoms with van der Waals surface area (Å²) in [5, 5.41) is 15.2. The number of rotatable bonds is 2. The Hall–Kier alpha value is -1.65. The summed E-state index contributed by atoms with van der Waals surface area (Å²) < 4.78 is 0. The molecule has 4 rings (SSSR count). The van der Waals surface area contributed by atoms with Crippen LogP contribution in [0.5, 0.6) is 0 Å². The van der Waals surface area contributed by atoms with Gasteiger partial charge in [-0.3, -0.25) is 15.0 Å². The number of piperidine rings is 1. The third-order valence-electron chi connectivity index (χ3n) is 6.17. The first-order valence-electron chi connectivity index (χ1n) is 8.10. The molecule has 2 fully saturated rings. The normalized spacial score (nSPS) is 39.4. The Morgan fingerprint density at radius 2 is 2.18 bits per heavy atom. The van der Waals surface area contributed by atoms with Crippen LogP contribution in [0.3, 0.4) is 0 Å². The highest BCUT2D eigenvalue weighted by Crippen LogP contribution is 2.64. The van der Waals surface area contributed by atoms with Gasteiger partial charge >= 0.3 is 0 Å². The van der Waals surface area contributed by atoms with E-state index in [1.165, 1.54) is 0 Å². The van der Waals surface area contributed by atoms with Crippen molar-refractivity contribution in [3.05, 3.63) is 42.5 Å². The monoisotopic (exact) mass is 298 g/mol. The zero-order valence-corrected chi connectivity index (χ0v) is 12.9. The summed E-state index contributed by atoms with van der Waals surface area (Å²) in [5.41, 5.74) is -0.457. The molecule has 1 aromatic rings. The molecule has 1 aromatic carbocycles. The van der Waals surface area contributed by atoms with Crippen molar-refractivity contribution in [2.75, 3.05) is 11.4 Å². The maximum atomic E-state index is 12.8. The van der Waals surface area contributed by atoms with Gasteiger partial charge < -0.3 is 5.11 Å². The standard InChI is InChI=1S/C18H22N2O2/c1-3-16(4-2)10-9-15(21)20-14-8-6-5-7-13(14)17(22)11-12-19-18(16,17)20/h3,5-8,19,22H,1,4,9-12H2,2H3/t16-,17+,18+/m0/s1. The van der Waals surface area contributed by atoms with Gasteiger partial charge in [0.25, 0.3) is 0 Å². The summed E-state index contributed by atoms with van der Waals surface area (Å²) >= 11 is 0. The zero-order chi connectivity index (χ0) is 15.6. The minimum Gasteiger partial charge on any atom is -0.381 e. The van der Waals surface area contributed by atoms with Crippen LogP contribution < -0.4 is 10.2 Å². The van der Waals surface area contributed by atoms with Crippen molar-refractivity contribution in [1.29, 1.82) is 0 Å². The van der Waals surface area contributed by atoms with Gasteiger partial charge in [-0.1, -0.05) is 31.2 Å². The topological polar surface area (TPSA) is 52.6 Å². The average Bonchev–Trinajstić information content (AvgIpc) is 2.98. The SMILES string of the molecule is C=C[C@]1(CC)CCC(=O)N2c3ccccc3[C@]3(O)CCN[C@@]213. The molecule has 0 radical (unpaired) electrons. The van der Waals surface area contributed by atoms with E-state index >= 15 is 0 Å². The first kappa shape index (κ1) is 14.0. The highest BCUT2D eigenvalue weighted by molar-refractivity contribution is 6.00. The number of para-hydroxylation sites is 1. The molecular formula is C18H22N2O2. The van der Waals surface area contributed by atoms with Gasteiger partial charge in [0.2, 0.25) is 5.91 Å². The van der Waals surface area contributed by atoms with Crippen LogP contribution in [0.15, 0.2) is 36.9 Å². The first-order chi connectivity index (χ1) is 10.6. The fourth-order valence-electron chi connectivity index (χ4n) is 5.13. The van der Waals surface area contributed by atoms with Crippen LogP contribution >= 0.6 is 0 Å². The molecule has 0 aromatic heterocycles. The van der Waals surface area contributed by atoms with Gasteiger partial charge in [0.15, 0.2) is 0 Å². The maximum Gasteiger partial charge on any atom is 0.228 e. The number of benzene rings is 1. The van der Waals surface area contributed by atoms with E-state index in [1.54, 1.807) is 0 Å². The number of anilines is 1. The smallest absolute Gasteiger partial charge is 0.228 e. The highest BCUT2D eigenvalue weighted by atomic mass is 16.3. The fourth-order valence-corrected chi connectivity index (χ4v) is 5.13. The largest absolute Gasteiger partial charge is 0.381 e. The fraction of sp³-hybridized carbons (Fsp3) is 0.500. The van der Waals surface area contributed by atoms with Gasteiger partial charge in [-0.25, -0.2) is 0 Å². The predicted octanol–water partition coefficient (Wildman–Crippen LogP) is 2.29. The van der Waals surface area contributed by atoms with Crippen molar-refractivity contribution < 1.29 is 9.90 Å². The molecule has 2 N–H and O–H groups in total. The quantitative estimate of drug-likeness (QED) is 0.824. The molecule has 3 aliphatic heterocycles. The lowest BCUT2D eigenvalue weighted by Crippen LogP contribution is -2.74. The van der Waals surface area contributed by atoms with E-state index in [4.69, 9.17) is 0 Å². The number of hydrogen-bond acceptors (Lipinski definition) is 3. The lowest BCUT2D eigenvalue weighted by molar-refractivity contribution is -0.134. The van der Waals surface area contributed by atoms with E-state index in [0.717, 1.165) is 24.1 Å². The van der Waals surface area contributed by atoms with E-state index in [-0.39, 0.29) is 11.3 Å². The average molecular weight is 298 g/mol. The van der Waals surface area contributed by atoms with E-state index in [1.807, 2.05) is 35.2 Å². The Labute approximate surface area is 130 Å². The number of aliphatic hydroxyl groups is 1. The summed E-state index contributed by atoms with van der Waals surface area (Å²) in [7, 11) is 0. The van der Waals surface area contributed by atoms with Crippen LogP contribution in [-0.4, -0.2) is 23.2 Å². The van der Waals surface area contributed by atoms with Gasteiger partial charge in [0.05, 0.1) is 5.69 Å². The Bertz CT molecular complexity index is 673. The van der Waals surface area contributed by atoms with Gasteiger partial charge in [-0.05, 0) is 25.3 Å². The Kier molecular flexibility index (Phi) is 2.67. The van der Waals surface area contributed by atoms with Crippen molar-refractivity contribution in [2.45, 2.75) is 43.9 Å². The summed E-state index contributed by atoms with van der Waals surface area (Å²) in [4.78, 5) is 14.6. The summed E-state index contributed by atoms with van der Waals surface area (Å²) in [6.07, 6.45) is 4.63. The van der Waals surface area contributed by atoms with Gasteiger partial charge in [0.1, 0.15) is 11.3 Å². The van der Waals surface area contributed by atoms with E-state index in [9.17, 15) is 9.90 Å². The van der Waals surface area contributed by atoms with Crippen LogP contribution in [0, 0.1) is 5.41 Å². The van der Waals surface area contributed by atoms with Crippen LogP contribution in [-0.2, 0) is 10.4 Å². The third-order valence-corrected chi connectivity index (χ3v) is 6.17. The maximum absolute atomic E-state index is 12.8. The number of carbonyl (C=O) groups is 1. The summed E-state index contributed by atoms with van der Waals surface area (Å²) in [6.45, 7) is 6.89. The van der Waals surface area contributed by atoms with Gasteiger partial charge in [-0.15, -0.1) is 6.58 Å². The Balaban J connectivity index is 2.07. The van der Waals surface area contributed by atoms with Crippen LogP contribution in [0.1, 0.15) is 38.2 Å². The molecule has 2 saturated heterocycles. The number of amides is 1. The molecule has 22 heavy (non-hydrogen) atoms. The molecule has 0 bridgehead atoms. The van der Waals surface area contributed by atoms with E-state index < -0.39 is 11.3 Å². The van der Waals surface area contributed by atoms with Crippen molar-refractivity contribution in [3.63, 3.8) is 0 Å². The zero-order valence-electron chi connectivity index (χ0n) is 12.9. The molecular weight excluding hydrogens is 276 g/mol. The van der Waals surface area contributed by atoms with Crippen molar-refractivity contribution in [3.8, 4) is 0 Å². The molecule has 3 heterocycles. The lowest BCUT2D eigenvalue weighted by Gasteiger charge is -2.57. The highest BCUT2D eigenvalue weighted by Gasteiger charge is 2.73. The van der Waals surface area contributed by atoms with Crippen LogP contribution in [0.4, 0.5) is 5.69 Å². The second-order valence-corrected chi connectivity index (χ2v) is 6.71. The molecule has 3 aliphatic rings. The van der Waals surface area contributed by atoms with Crippen molar-refractivity contribution in [2.24, 2.45) is 5.41 Å². The van der Waals surface area contributed by atoms with Crippen LogP contribution in [0.25, 0.3) is 0 Å².